The maximum absolute atomic E-state index is 8.70. The molecule has 0 bridgehead atoms. The molecule has 1 rings (SSSR count). The zero-order chi connectivity index (χ0) is 11.7. The normalized spacial score (nSPS) is 10.3. The van der Waals surface area contributed by atoms with Crippen LogP contribution in [0.3, 0.4) is 0 Å². The van der Waals surface area contributed by atoms with E-state index in [-0.39, 0.29) is 0 Å². The monoisotopic (exact) mass is 281 g/mol. The average molecular weight is 280 g/mol. The van der Waals surface area contributed by atoms with E-state index in [2.05, 4.69) is 36.0 Å². The van der Waals surface area contributed by atoms with E-state index in [9.17, 15) is 0 Å². The Labute approximate surface area is 91.3 Å². The molecule has 0 spiro atoms. The molecule has 0 aromatic carbocycles. The molecule has 5 nitrogen and oxygen atoms in total. The van der Waals surface area contributed by atoms with Gasteiger partial charge in [0.25, 0.3) is 0 Å². The third kappa shape index (κ3) is 13.2. The Kier molecular flexibility index (Phi) is 7.07. The van der Waals surface area contributed by atoms with Gasteiger partial charge >= 0.3 is 29.4 Å². The predicted molar refractivity (Wildman–Crippen MR) is 50.9 cm³/mol. The van der Waals surface area contributed by atoms with Gasteiger partial charge in [-0.3, -0.25) is 0 Å². The van der Waals surface area contributed by atoms with E-state index in [1.54, 1.807) is 0 Å². The Morgan fingerprint density at radius 1 is 1.27 bits per heavy atom. The first-order valence-electron chi connectivity index (χ1n) is 4.56. The summed E-state index contributed by atoms with van der Waals surface area (Å²) >= 11 is -5.50. The van der Waals surface area contributed by atoms with Gasteiger partial charge in [-0.05, 0) is 0 Å². The minimum absolute atomic E-state index is 1.15. The van der Waals surface area contributed by atoms with Crippen molar-refractivity contribution in [1.82, 2.24) is 0 Å². The first-order chi connectivity index (χ1) is 6.93. The first-order valence-corrected chi connectivity index (χ1v) is 7.42. The molecule has 1 heterocycles. The molecule has 1 aromatic heterocycles. The molecule has 0 amide bonds. The molecular formula is C9H15NO4Se. The van der Waals surface area contributed by atoms with Crippen molar-refractivity contribution in [1.29, 1.82) is 0 Å². The van der Waals surface area contributed by atoms with Crippen molar-refractivity contribution in [3.8, 4) is 0 Å². The number of hydrogen-bond acceptors (Lipinski definition) is 3. The van der Waals surface area contributed by atoms with Crippen LogP contribution in [0.4, 0.5) is 0 Å². The van der Waals surface area contributed by atoms with Gasteiger partial charge in [0, 0.05) is 18.6 Å². The number of hydrogen-bond donors (Lipinski definition) is 1. The molecule has 1 aromatic rings. The quantitative estimate of drug-likeness (QED) is 0.592. The van der Waals surface area contributed by atoms with Crippen LogP contribution in [-0.4, -0.2) is 17.6 Å². The second-order valence-corrected chi connectivity index (χ2v) is 4.69. The molecule has 0 aliphatic carbocycles. The SMILES string of the molecule is CCCC[n+]1ccccc1.O=[Se](=O)([O-])O. The van der Waals surface area contributed by atoms with Crippen LogP contribution >= 0.6 is 0 Å². The molecule has 0 unspecified atom stereocenters. The van der Waals surface area contributed by atoms with Gasteiger partial charge in [-0.15, -0.1) is 0 Å². The summed E-state index contributed by atoms with van der Waals surface area (Å²) in [5.74, 6) is 0. The second kappa shape index (κ2) is 7.48. The third-order valence-electron chi connectivity index (χ3n) is 1.55. The van der Waals surface area contributed by atoms with Gasteiger partial charge in [0.2, 0.25) is 0 Å². The van der Waals surface area contributed by atoms with Gasteiger partial charge in [0.05, 0.1) is 0 Å². The molecule has 6 heteroatoms. The van der Waals surface area contributed by atoms with Crippen LogP contribution in [-0.2, 0) is 14.2 Å². The number of aryl methyl sites for hydroxylation is 1. The maximum atomic E-state index is 8.70. The van der Waals surface area contributed by atoms with E-state index in [0.717, 1.165) is 6.54 Å². The third-order valence-corrected chi connectivity index (χ3v) is 1.55. The molecule has 0 aliphatic rings. The molecule has 86 valence electrons. The fraction of sp³-hybridized carbons (Fsp3) is 0.444. The van der Waals surface area contributed by atoms with Crippen molar-refractivity contribution in [3.63, 3.8) is 0 Å². The van der Waals surface area contributed by atoms with Gasteiger partial charge in [-0.2, -0.15) is 0 Å². The van der Waals surface area contributed by atoms with Crippen LogP contribution in [0, 0.1) is 0 Å². The summed E-state index contributed by atoms with van der Waals surface area (Å²) in [4.78, 5) is 0. The zero-order valence-electron chi connectivity index (χ0n) is 8.54. The fourth-order valence-electron chi connectivity index (χ4n) is 0.924. The molecule has 0 saturated heterocycles. The Balaban J connectivity index is 0.000000336. The molecular weight excluding hydrogens is 265 g/mol. The molecule has 0 aliphatic heterocycles. The van der Waals surface area contributed by atoms with Gasteiger partial charge in [0.1, 0.15) is 6.54 Å². The summed E-state index contributed by atoms with van der Waals surface area (Å²) in [6.07, 6.45) is 6.75. The van der Waals surface area contributed by atoms with Gasteiger partial charge in [0.15, 0.2) is 12.4 Å². The Morgan fingerprint density at radius 3 is 2.13 bits per heavy atom. The molecule has 15 heavy (non-hydrogen) atoms. The molecule has 0 atom stereocenters. The Bertz CT molecular complexity index is 342. The summed E-state index contributed by atoms with van der Waals surface area (Å²) in [6, 6.07) is 6.17. The van der Waals surface area contributed by atoms with Gasteiger partial charge < -0.3 is 0 Å². The number of rotatable bonds is 3. The summed E-state index contributed by atoms with van der Waals surface area (Å²) in [6.45, 7) is 3.36. The standard InChI is InChI=1S/C9H14N.H2O4Se/c1-2-3-7-10-8-5-4-6-9-10;1-5(2,3)4/h4-6,8-9H,2-3,7H2,1H3;(H2,1,2,3,4)/q+1;/p-1. The number of unbranched alkanes of at least 4 members (excludes halogenated alkanes) is 1. The van der Waals surface area contributed by atoms with Crippen molar-refractivity contribution in [2.45, 2.75) is 26.3 Å². The van der Waals surface area contributed by atoms with E-state index in [0.29, 0.717) is 0 Å². The zero-order valence-corrected chi connectivity index (χ0v) is 10.2. The van der Waals surface area contributed by atoms with Crippen LogP contribution in [0.15, 0.2) is 30.6 Å². The molecule has 0 saturated carbocycles. The van der Waals surface area contributed by atoms with Crippen molar-refractivity contribution in [2.75, 3.05) is 0 Å². The van der Waals surface area contributed by atoms with Gasteiger partial charge in [-0.1, -0.05) is 19.4 Å². The van der Waals surface area contributed by atoms with Gasteiger partial charge in [-0.25, -0.2) is 4.57 Å². The topological polar surface area (TPSA) is 81.3 Å². The summed E-state index contributed by atoms with van der Waals surface area (Å²) in [5.41, 5.74) is 0. The van der Waals surface area contributed by atoms with E-state index in [1.165, 1.54) is 12.8 Å². The predicted octanol–water partition coefficient (Wildman–Crippen LogP) is -0.590. The summed E-state index contributed by atoms with van der Waals surface area (Å²) in [5, 5.41) is 0. The van der Waals surface area contributed by atoms with E-state index >= 15 is 0 Å². The Morgan fingerprint density at radius 2 is 1.73 bits per heavy atom. The van der Waals surface area contributed by atoms with Crippen molar-refractivity contribution >= 4 is 13.4 Å². The fourth-order valence-corrected chi connectivity index (χ4v) is 0.924. The van der Waals surface area contributed by atoms with E-state index < -0.39 is 13.4 Å². The van der Waals surface area contributed by atoms with Crippen LogP contribution in [0.5, 0.6) is 0 Å². The summed E-state index contributed by atoms with van der Waals surface area (Å²) in [7, 11) is 0. The number of pyridine rings is 1. The summed E-state index contributed by atoms with van der Waals surface area (Å²) < 4.78 is 35.3. The molecule has 1 N–H and O–H groups in total. The van der Waals surface area contributed by atoms with Crippen molar-refractivity contribution in [2.24, 2.45) is 0 Å². The minimum atomic E-state index is -5.50. The molecule has 0 fully saturated rings. The second-order valence-electron chi connectivity index (χ2n) is 2.89. The van der Waals surface area contributed by atoms with Crippen LogP contribution in [0.1, 0.15) is 19.8 Å². The number of aromatic nitrogens is 1. The average Bonchev–Trinajstić information content (AvgIpc) is 2.14. The first kappa shape index (κ1) is 14.2. The van der Waals surface area contributed by atoms with Crippen molar-refractivity contribution < 1.29 is 20.6 Å². The van der Waals surface area contributed by atoms with E-state index in [4.69, 9.17) is 16.0 Å². The molecule has 0 radical (unpaired) electrons. The van der Waals surface area contributed by atoms with Crippen LogP contribution in [0.2, 0.25) is 0 Å². The Hall–Kier alpha value is -0.811. The van der Waals surface area contributed by atoms with Crippen molar-refractivity contribution in [3.05, 3.63) is 30.6 Å². The van der Waals surface area contributed by atoms with Crippen LogP contribution in [0.25, 0.3) is 0 Å². The number of nitrogens with zero attached hydrogens (tertiary/aromatic N) is 1. The van der Waals surface area contributed by atoms with E-state index in [1.807, 2.05) is 6.07 Å². The van der Waals surface area contributed by atoms with Crippen LogP contribution < -0.4 is 8.76 Å².